The number of anilines is 1. The maximum Gasteiger partial charge on any atom is 0.223 e. The number of nitrogens with zero attached hydrogens (tertiary/aromatic N) is 5. The van der Waals surface area contributed by atoms with Crippen LogP contribution in [0, 0.1) is 0 Å². The van der Waals surface area contributed by atoms with Gasteiger partial charge in [0, 0.05) is 38.1 Å². The topological polar surface area (TPSA) is 58.9 Å². The van der Waals surface area contributed by atoms with E-state index in [9.17, 15) is 0 Å². The minimum Gasteiger partial charge on any atom is -0.353 e. The summed E-state index contributed by atoms with van der Waals surface area (Å²) in [6, 6.07) is 1.88. The molecular weight excluding hydrogens is 228 g/mol. The number of nitrogens with one attached hydrogen (secondary N) is 1. The Labute approximate surface area is 107 Å². The molecule has 0 spiro atoms. The van der Waals surface area contributed by atoms with Crippen LogP contribution in [0.4, 0.5) is 5.95 Å². The van der Waals surface area contributed by atoms with Gasteiger partial charge in [0.2, 0.25) is 5.95 Å². The fourth-order valence-electron chi connectivity index (χ4n) is 1.55. The smallest absolute Gasteiger partial charge is 0.223 e. The van der Waals surface area contributed by atoms with Gasteiger partial charge in [-0.25, -0.2) is 9.97 Å². The van der Waals surface area contributed by atoms with Crippen molar-refractivity contribution in [3.05, 3.63) is 24.7 Å². The molecule has 0 aromatic carbocycles. The van der Waals surface area contributed by atoms with Crippen LogP contribution in [-0.2, 0) is 7.05 Å². The van der Waals surface area contributed by atoms with Crippen molar-refractivity contribution in [1.29, 1.82) is 0 Å². The van der Waals surface area contributed by atoms with Gasteiger partial charge in [-0.3, -0.25) is 4.68 Å². The van der Waals surface area contributed by atoms with Crippen LogP contribution in [0.3, 0.4) is 0 Å². The monoisotopic (exact) mass is 246 g/mol. The second-order valence-corrected chi connectivity index (χ2v) is 4.40. The number of aryl methyl sites for hydroxylation is 1. The van der Waals surface area contributed by atoms with Crippen molar-refractivity contribution in [3.8, 4) is 11.3 Å². The molecule has 0 radical (unpaired) electrons. The van der Waals surface area contributed by atoms with E-state index in [1.54, 1.807) is 17.1 Å². The molecule has 96 valence electrons. The fraction of sp³-hybridized carbons (Fsp3) is 0.417. The largest absolute Gasteiger partial charge is 0.353 e. The molecule has 1 N–H and O–H groups in total. The molecule has 0 amide bonds. The Bertz CT molecular complexity index is 505. The second-order valence-electron chi connectivity index (χ2n) is 4.40. The molecule has 2 aromatic heterocycles. The lowest BCUT2D eigenvalue weighted by Gasteiger charge is -2.10. The van der Waals surface area contributed by atoms with Crippen LogP contribution in [0.25, 0.3) is 11.3 Å². The third-order valence-corrected chi connectivity index (χ3v) is 2.50. The van der Waals surface area contributed by atoms with E-state index in [0.717, 1.165) is 24.3 Å². The number of likely N-dealkylation sites (N-methyl/N-ethyl adjacent to an activating group) is 1. The average Bonchev–Trinajstić information content (AvgIpc) is 2.76. The molecule has 0 fully saturated rings. The van der Waals surface area contributed by atoms with Gasteiger partial charge in [0.1, 0.15) is 0 Å². The van der Waals surface area contributed by atoms with Crippen molar-refractivity contribution in [1.82, 2.24) is 24.6 Å². The molecule has 18 heavy (non-hydrogen) atoms. The molecule has 0 aliphatic rings. The highest BCUT2D eigenvalue weighted by Gasteiger charge is 2.03. The van der Waals surface area contributed by atoms with Crippen LogP contribution in [-0.4, -0.2) is 51.8 Å². The molecule has 0 bridgehead atoms. The van der Waals surface area contributed by atoms with Crippen LogP contribution < -0.4 is 5.32 Å². The molecule has 0 aliphatic carbocycles. The van der Waals surface area contributed by atoms with Crippen molar-refractivity contribution in [2.45, 2.75) is 0 Å². The van der Waals surface area contributed by atoms with Crippen molar-refractivity contribution in [2.24, 2.45) is 7.05 Å². The SMILES string of the molecule is CN(C)CCNc1nccc(-c2cnn(C)c2)n1. The number of aromatic nitrogens is 4. The first-order valence-electron chi connectivity index (χ1n) is 5.86. The Morgan fingerprint density at radius 2 is 2.22 bits per heavy atom. The van der Waals surface area contributed by atoms with Crippen molar-refractivity contribution >= 4 is 5.95 Å². The first kappa shape index (κ1) is 12.5. The van der Waals surface area contributed by atoms with E-state index in [-0.39, 0.29) is 0 Å². The number of hydrogen-bond acceptors (Lipinski definition) is 5. The first-order valence-corrected chi connectivity index (χ1v) is 5.86. The van der Waals surface area contributed by atoms with Gasteiger partial charge in [-0.05, 0) is 20.2 Å². The predicted molar refractivity (Wildman–Crippen MR) is 71.3 cm³/mol. The molecule has 2 rings (SSSR count). The van der Waals surface area contributed by atoms with Crippen LogP contribution in [0.2, 0.25) is 0 Å². The third-order valence-electron chi connectivity index (χ3n) is 2.50. The van der Waals surface area contributed by atoms with Gasteiger partial charge in [-0.15, -0.1) is 0 Å². The molecule has 0 atom stereocenters. The summed E-state index contributed by atoms with van der Waals surface area (Å²) in [4.78, 5) is 10.8. The molecule has 2 heterocycles. The quantitative estimate of drug-likeness (QED) is 0.847. The molecule has 0 unspecified atom stereocenters. The van der Waals surface area contributed by atoms with Gasteiger partial charge in [0.05, 0.1) is 11.9 Å². The zero-order valence-corrected chi connectivity index (χ0v) is 11.0. The van der Waals surface area contributed by atoms with Crippen molar-refractivity contribution in [2.75, 3.05) is 32.5 Å². The lowest BCUT2D eigenvalue weighted by Crippen LogP contribution is -2.21. The fourth-order valence-corrected chi connectivity index (χ4v) is 1.55. The predicted octanol–water partition coefficient (Wildman–Crippen LogP) is 0.851. The molecule has 0 saturated carbocycles. The summed E-state index contributed by atoms with van der Waals surface area (Å²) in [5.41, 5.74) is 1.88. The lowest BCUT2D eigenvalue weighted by atomic mass is 10.2. The highest BCUT2D eigenvalue weighted by molar-refractivity contribution is 5.57. The number of rotatable bonds is 5. The van der Waals surface area contributed by atoms with Gasteiger partial charge in [0.25, 0.3) is 0 Å². The summed E-state index contributed by atoms with van der Waals surface area (Å²) < 4.78 is 1.76. The van der Waals surface area contributed by atoms with Crippen LogP contribution in [0.1, 0.15) is 0 Å². The Hall–Kier alpha value is -1.95. The zero-order valence-electron chi connectivity index (χ0n) is 11.0. The average molecular weight is 246 g/mol. The van der Waals surface area contributed by atoms with Crippen molar-refractivity contribution in [3.63, 3.8) is 0 Å². The summed E-state index contributed by atoms with van der Waals surface area (Å²) in [6.07, 6.45) is 5.49. The zero-order chi connectivity index (χ0) is 13.0. The van der Waals surface area contributed by atoms with Gasteiger partial charge in [-0.2, -0.15) is 5.10 Å². The summed E-state index contributed by atoms with van der Waals surface area (Å²) in [6.45, 7) is 1.77. The standard InChI is InChI=1S/C12H18N6/c1-17(2)7-6-14-12-13-5-4-11(16-12)10-8-15-18(3)9-10/h4-5,8-9H,6-7H2,1-3H3,(H,13,14,16). The van der Waals surface area contributed by atoms with Crippen LogP contribution >= 0.6 is 0 Å². The van der Waals surface area contributed by atoms with E-state index in [1.165, 1.54) is 0 Å². The number of hydrogen-bond donors (Lipinski definition) is 1. The summed E-state index contributed by atoms with van der Waals surface area (Å²) in [5, 5.41) is 7.34. The van der Waals surface area contributed by atoms with E-state index in [0.29, 0.717) is 5.95 Å². The van der Waals surface area contributed by atoms with E-state index >= 15 is 0 Å². The van der Waals surface area contributed by atoms with Crippen molar-refractivity contribution < 1.29 is 0 Å². The minimum atomic E-state index is 0.651. The maximum atomic E-state index is 4.46. The van der Waals surface area contributed by atoms with Crippen LogP contribution in [0.5, 0.6) is 0 Å². The molecule has 0 saturated heterocycles. The second kappa shape index (κ2) is 5.59. The normalized spacial score (nSPS) is 10.9. The van der Waals surface area contributed by atoms with Gasteiger partial charge < -0.3 is 10.2 Å². The highest BCUT2D eigenvalue weighted by Crippen LogP contribution is 2.15. The molecule has 6 nitrogen and oxygen atoms in total. The molecule has 0 aliphatic heterocycles. The van der Waals surface area contributed by atoms with E-state index in [2.05, 4.69) is 25.3 Å². The minimum absolute atomic E-state index is 0.651. The molecular formula is C12H18N6. The molecule has 2 aromatic rings. The summed E-state index contributed by atoms with van der Waals surface area (Å²) in [7, 11) is 5.96. The van der Waals surface area contributed by atoms with E-state index in [1.807, 2.05) is 33.4 Å². The van der Waals surface area contributed by atoms with Gasteiger partial charge >= 0.3 is 0 Å². The lowest BCUT2D eigenvalue weighted by molar-refractivity contribution is 0.425. The Balaban J connectivity index is 2.05. The Morgan fingerprint density at radius 3 is 2.89 bits per heavy atom. The molecule has 6 heteroatoms. The van der Waals surface area contributed by atoms with Gasteiger partial charge in [0.15, 0.2) is 0 Å². The van der Waals surface area contributed by atoms with Gasteiger partial charge in [-0.1, -0.05) is 0 Å². The maximum absolute atomic E-state index is 4.46. The van der Waals surface area contributed by atoms with Crippen LogP contribution in [0.15, 0.2) is 24.7 Å². The summed E-state index contributed by atoms with van der Waals surface area (Å²) in [5.74, 6) is 0.651. The summed E-state index contributed by atoms with van der Waals surface area (Å²) >= 11 is 0. The van der Waals surface area contributed by atoms with E-state index < -0.39 is 0 Å². The Kier molecular flexibility index (Phi) is 3.88. The highest BCUT2D eigenvalue weighted by atomic mass is 15.2. The van der Waals surface area contributed by atoms with E-state index in [4.69, 9.17) is 0 Å². The third kappa shape index (κ3) is 3.27. The Morgan fingerprint density at radius 1 is 1.39 bits per heavy atom. The first-order chi connectivity index (χ1) is 8.65.